The summed E-state index contributed by atoms with van der Waals surface area (Å²) in [5, 5.41) is 0. The topological polar surface area (TPSA) is 47.4 Å². The molecule has 1 aromatic heterocycles. The van der Waals surface area contributed by atoms with Crippen LogP contribution < -0.4 is 0 Å². The highest BCUT2D eigenvalue weighted by atomic mass is 16.5. The maximum atomic E-state index is 11.6. The van der Waals surface area contributed by atoms with Crippen LogP contribution in [0.25, 0.3) is 0 Å². The fraction of sp³-hybridized carbons (Fsp3) is 0.692. The highest BCUT2D eigenvalue weighted by Gasteiger charge is 2.26. The summed E-state index contributed by atoms with van der Waals surface area (Å²) in [4.78, 5) is 18.2. The summed E-state index contributed by atoms with van der Waals surface area (Å²) in [5.74, 6) is 1.01. The first kappa shape index (κ1) is 13.1. The summed E-state index contributed by atoms with van der Waals surface area (Å²) in [7, 11) is 1.46. The van der Waals surface area contributed by atoms with Crippen LogP contribution in [-0.4, -0.2) is 40.6 Å². The lowest BCUT2D eigenvalue weighted by Crippen LogP contribution is -2.39. The number of ether oxygens (including phenoxy) is 1. The number of imidazole rings is 1. The molecule has 0 bridgehead atoms. The Labute approximate surface area is 108 Å². The number of aryl methyl sites for hydroxylation is 1. The van der Waals surface area contributed by atoms with Crippen molar-refractivity contribution in [2.45, 2.75) is 32.9 Å². The lowest BCUT2D eigenvalue weighted by Gasteiger charge is -2.30. The van der Waals surface area contributed by atoms with Crippen LogP contribution in [0.2, 0.25) is 0 Å². The third-order valence-electron chi connectivity index (χ3n) is 3.55. The SMILES string of the molecule is CCn1ccnc1CN1CCCC(C(=O)OC)C1. The number of likely N-dealkylation sites (tertiary alicyclic amines) is 1. The Morgan fingerprint density at radius 3 is 3.17 bits per heavy atom. The van der Waals surface area contributed by atoms with E-state index < -0.39 is 0 Å². The van der Waals surface area contributed by atoms with Gasteiger partial charge in [-0.25, -0.2) is 4.98 Å². The van der Waals surface area contributed by atoms with Gasteiger partial charge in [-0.2, -0.15) is 0 Å². The van der Waals surface area contributed by atoms with E-state index >= 15 is 0 Å². The van der Waals surface area contributed by atoms with E-state index in [2.05, 4.69) is 21.4 Å². The van der Waals surface area contributed by atoms with E-state index in [0.717, 1.165) is 44.8 Å². The summed E-state index contributed by atoms with van der Waals surface area (Å²) < 4.78 is 6.97. The molecular formula is C13H21N3O2. The number of aromatic nitrogens is 2. The highest BCUT2D eigenvalue weighted by Crippen LogP contribution is 2.19. The molecule has 0 N–H and O–H groups in total. The number of esters is 1. The van der Waals surface area contributed by atoms with Gasteiger partial charge in [0, 0.05) is 25.5 Å². The van der Waals surface area contributed by atoms with Crippen LogP contribution in [0.15, 0.2) is 12.4 Å². The second-order valence-corrected chi connectivity index (χ2v) is 4.73. The molecule has 0 aromatic carbocycles. The van der Waals surface area contributed by atoms with Crippen LogP contribution >= 0.6 is 0 Å². The summed E-state index contributed by atoms with van der Waals surface area (Å²) in [6.45, 7) is 5.67. The van der Waals surface area contributed by atoms with Gasteiger partial charge in [-0.05, 0) is 26.3 Å². The van der Waals surface area contributed by atoms with Gasteiger partial charge in [-0.3, -0.25) is 9.69 Å². The Kier molecular flexibility index (Phi) is 4.36. The van der Waals surface area contributed by atoms with Crippen molar-refractivity contribution in [3.05, 3.63) is 18.2 Å². The van der Waals surface area contributed by atoms with Crippen molar-refractivity contribution in [2.75, 3.05) is 20.2 Å². The third-order valence-corrected chi connectivity index (χ3v) is 3.55. The first-order valence-corrected chi connectivity index (χ1v) is 6.54. The quantitative estimate of drug-likeness (QED) is 0.757. The van der Waals surface area contributed by atoms with Crippen LogP contribution in [-0.2, 0) is 22.6 Å². The van der Waals surface area contributed by atoms with Crippen molar-refractivity contribution in [1.29, 1.82) is 0 Å². The van der Waals surface area contributed by atoms with Gasteiger partial charge >= 0.3 is 5.97 Å². The summed E-state index contributed by atoms with van der Waals surface area (Å²) in [6.07, 6.45) is 5.82. The Bertz CT molecular complexity index is 403. The zero-order valence-electron chi connectivity index (χ0n) is 11.1. The van der Waals surface area contributed by atoms with Crippen molar-refractivity contribution in [3.63, 3.8) is 0 Å². The number of methoxy groups -OCH3 is 1. The van der Waals surface area contributed by atoms with Crippen LogP contribution in [0.4, 0.5) is 0 Å². The fourth-order valence-corrected chi connectivity index (χ4v) is 2.54. The predicted molar refractivity (Wildman–Crippen MR) is 67.9 cm³/mol. The molecule has 0 radical (unpaired) electrons. The number of hydrogen-bond acceptors (Lipinski definition) is 4. The molecule has 2 heterocycles. The van der Waals surface area contributed by atoms with Crippen LogP contribution in [0.3, 0.4) is 0 Å². The van der Waals surface area contributed by atoms with Gasteiger partial charge in [0.15, 0.2) is 0 Å². The molecule has 2 rings (SSSR count). The first-order chi connectivity index (χ1) is 8.74. The molecule has 1 saturated heterocycles. The average molecular weight is 251 g/mol. The fourth-order valence-electron chi connectivity index (χ4n) is 2.54. The molecule has 0 amide bonds. The van der Waals surface area contributed by atoms with E-state index in [1.165, 1.54) is 7.11 Å². The molecule has 1 aromatic rings. The van der Waals surface area contributed by atoms with Gasteiger partial charge in [-0.1, -0.05) is 0 Å². The second-order valence-electron chi connectivity index (χ2n) is 4.73. The van der Waals surface area contributed by atoms with Crippen molar-refractivity contribution in [3.8, 4) is 0 Å². The number of hydrogen-bond donors (Lipinski definition) is 0. The van der Waals surface area contributed by atoms with E-state index in [1.807, 2.05) is 12.4 Å². The Morgan fingerprint density at radius 1 is 1.61 bits per heavy atom. The van der Waals surface area contributed by atoms with E-state index in [0.29, 0.717) is 0 Å². The normalized spacial score (nSPS) is 20.9. The monoisotopic (exact) mass is 251 g/mol. The lowest BCUT2D eigenvalue weighted by molar-refractivity contribution is -0.147. The summed E-state index contributed by atoms with van der Waals surface area (Å²) in [6, 6.07) is 0. The van der Waals surface area contributed by atoms with Crippen LogP contribution in [0.5, 0.6) is 0 Å². The number of carbonyl (C=O) groups is 1. The van der Waals surface area contributed by atoms with Gasteiger partial charge < -0.3 is 9.30 Å². The van der Waals surface area contributed by atoms with Gasteiger partial charge in [0.05, 0.1) is 19.6 Å². The van der Waals surface area contributed by atoms with Crippen LogP contribution in [0, 0.1) is 5.92 Å². The maximum Gasteiger partial charge on any atom is 0.309 e. The number of nitrogens with zero attached hydrogens (tertiary/aromatic N) is 3. The minimum atomic E-state index is -0.0847. The minimum Gasteiger partial charge on any atom is -0.469 e. The molecular weight excluding hydrogens is 230 g/mol. The largest absolute Gasteiger partial charge is 0.469 e. The Balaban J connectivity index is 1.95. The zero-order chi connectivity index (χ0) is 13.0. The number of carbonyl (C=O) groups excluding carboxylic acids is 1. The standard InChI is InChI=1S/C13H21N3O2/c1-3-16-8-6-14-12(16)10-15-7-4-5-11(9-15)13(17)18-2/h6,8,11H,3-5,7,9-10H2,1-2H3. The molecule has 1 fully saturated rings. The molecule has 5 heteroatoms. The van der Waals surface area contributed by atoms with Gasteiger partial charge in [0.2, 0.25) is 0 Å². The Hall–Kier alpha value is -1.36. The molecule has 1 atom stereocenters. The molecule has 100 valence electrons. The molecule has 1 aliphatic heterocycles. The highest BCUT2D eigenvalue weighted by molar-refractivity contribution is 5.72. The van der Waals surface area contributed by atoms with Gasteiger partial charge in [0.1, 0.15) is 5.82 Å². The van der Waals surface area contributed by atoms with Crippen molar-refractivity contribution in [2.24, 2.45) is 5.92 Å². The van der Waals surface area contributed by atoms with Crippen molar-refractivity contribution >= 4 is 5.97 Å². The van der Waals surface area contributed by atoms with Gasteiger partial charge in [-0.15, -0.1) is 0 Å². The molecule has 0 saturated carbocycles. The smallest absolute Gasteiger partial charge is 0.309 e. The molecule has 5 nitrogen and oxygen atoms in total. The molecule has 0 spiro atoms. The van der Waals surface area contributed by atoms with E-state index in [4.69, 9.17) is 4.74 Å². The first-order valence-electron chi connectivity index (χ1n) is 6.54. The van der Waals surface area contributed by atoms with Crippen LogP contribution in [0.1, 0.15) is 25.6 Å². The molecule has 18 heavy (non-hydrogen) atoms. The van der Waals surface area contributed by atoms with Crippen molar-refractivity contribution < 1.29 is 9.53 Å². The number of piperidine rings is 1. The molecule has 1 aliphatic rings. The Morgan fingerprint density at radius 2 is 2.44 bits per heavy atom. The predicted octanol–water partition coefficient (Wildman–Crippen LogP) is 1.29. The zero-order valence-corrected chi connectivity index (χ0v) is 11.1. The minimum absolute atomic E-state index is 0.0220. The lowest BCUT2D eigenvalue weighted by atomic mass is 9.98. The van der Waals surface area contributed by atoms with E-state index in [1.54, 1.807) is 0 Å². The molecule has 0 aliphatic carbocycles. The summed E-state index contributed by atoms with van der Waals surface area (Å²) in [5.41, 5.74) is 0. The summed E-state index contributed by atoms with van der Waals surface area (Å²) >= 11 is 0. The van der Waals surface area contributed by atoms with Crippen molar-refractivity contribution in [1.82, 2.24) is 14.5 Å². The maximum absolute atomic E-state index is 11.6. The molecule has 1 unspecified atom stereocenters. The average Bonchev–Trinajstić information content (AvgIpc) is 2.85. The number of rotatable bonds is 4. The third kappa shape index (κ3) is 2.90. The second kappa shape index (κ2) is 6.00. The van der Waals surface area contributed by atoms with E-state index in [-0.39, 0.29) is 11.9 Å². The van der Waals surface area contributed by atoms with E-state index in [9.17, 15) is 4.79 Å². The van der Waals surface area contributed by atoms with Gasteiger partial charge in [0.25, 0.3) is 0 Å².